The summed E-state index contributed by atoms with van der Waals surface area (Å²) in [6, 6.07) is 9.24. The highest BCUT2D eigenvalue weighted by atomic mass is 16.5. The highest BCUT2D eigenvalue weighted by Crippen LogP contribution is 2.21. The van der Waals surface area contributed by atoms with Crippen LogP contribution in [0.5, 0.6) is 0 Å². The van der Waals surface area contributed by atoms with Gasteiger partial charge in [0.25, 0.3) is 11.5 Å². The molecule has 3 rings (SSSR count). The first kappa shape index (κ1) is 17.0. The molecule has 2 aromatic rings. The van der Waals surface area contributed by atoms with Crippen molar-refractivity contribution in [2.45, 2.75) is 25.5 Å². The van der Waals surface area contributed by atoms with Crippen molar-refractivity contribution in [3.8, 4) is 0 Å². The van der Waals surface area contributed by atoms with E-state index in [9.17, 15) is 14.4 Å². The van der Waals surface area contributed by atoms with Gasteiger partial charge >= 0.3 is 5.69 Å². The number of aromatic nitrogens is 2. The lowest BCUT2D eigenvalue weighted by Crippen LogP contribution is -2.42. The van der Waals surface area contributed by atoms with Crippen molar-refractivity contribution >= 4 is 17.4 Å². The molecule has 1 aromatic heterocycles. The molecule has 0 aliphatic carbocycles. The predicted molar refractivity (Wildman–Crippen MR) is 93.7 cm³/mol. The Balaban J connectivity index is 1.99. The lowest BCUT2D eigenvalue weighted by atomic mass is 10.2. The van der Waals surface area contributed by atoms with Gasteiger partial charge in [0.05, 0.1) is 6.54 Å². The third kappa shape index (κ3) is 3.34. The Morgan fingerprint density at radius 1 is 1.36 bits per heavy atom. The van der Waals surface area contributed by atoms with E-state index in [1.165, 1.54) is 16.5 Å². The Kier molecular flexibility index (Phi) is 4.71. The Hall–Kier alpha value is -2.87. The monoisotopic (exact) mass is 344 g/mol. The van der Waals surface area contributed by atoms with Crippen molar-refractivity contribution in [3.05, 3.63) is 56.7 Å². The Bertz CT molecular complexity index is 882. The normalized spacial score (nSPS) is 16.8. The SMILES string of the molecule is CN(C(=O)C1CCCO1)c1c(N)n(Cc2ccccc2)c(=O)[nH]c1=O. The first-order chi connectivity index (χ1) is 12.0. The van der Waals surface area contributed by atoms with E-state index in [4.69, 9.17) is 10.5 Å². The molecule has 2 heterocycles. The third-order valence-electron chi connectivity index (χ3n) is 4.27. The summed E-state index contributed by atoms with van der Waals surface area (Å²) in [6.45, 7) is 0.709. The zero-order chi connectivity index (χ0) is 18.0. The van der Waals surface area contributed by atoms with Crippen LogP contribution in [0.4, 0.5) is 11.5 Å². The highest BCUT2D eigenvalue weighted by molar-refractivity contribution is 5.98. The number of carbonyl (C=O) groups excluding carboxylic acids is 1. The largest absolute Gasteiger partial charge is 0.383 e. The molecule has 1 amide bonds. The van der Waals surface area contributed by atoms with Gasteiger partial charge in [-0.15, -0.1) is 0 Å². The summed E-state index contributed by atoms with van der Waals surface area (Å²) in [5.41, 5.74) is 5.57. The van der Waals surface area contributed by atoms with Crippen LogP contribution in [0.2, 0.25) is 0 Å². The molecule has 1 atom stereocenters. The molecule has 0 spiro atoms. The maximum absolute atomic E-state index is 12.5. The zero-order valence-electron chi connectivity index (χ0n) is 13.9. The number of aromatic amines is 1. The van der Waals surface area contributed by atoms with Gasteiger partial charge in [0.15, 0.2) is 5.69 Å². The minimum absolute atomic E-state index is 0.0453. The molecule has 1 aliphatic rings. The molecule has 132 valence electrons. The number of nitrogens with one attached hydrogen (secondary N) is 1. The number of nitrogens with two attached hydrogens (primary N) is 1. The number of hydrogen-bond donors (Lipinski definition) is 2. The number of amides is 1. The van der Waals surface area contributed by atoms with E-state index in [-0.39, 0.29) is 24.0 Å². The number of hydrogen-bond acceptors (Lipinski definition) is 5. The van der Waals surface area contributed by atoms with Crippen molar-refractivity contribution in [2.24, 2.45) is 0 Å². The molecule has 0 radical (unpaired) electrons. The molecular weight excluding hydrogens is 324 g/mol. The molecule has 1 fully saturated rings. The summed E-state index contributed by atoms with van der Waals surface area (Å²) >= 11 is 0. The molecule has 3 N–H and O–H groups in total. The second kappa shape index (κ2) is 6.94. The van der Waals surface area contributed by atoms with Crippen LogP contribution in [0.3, 0.4) is 0 Å². The molecule has 8 nitrogen and oxygen atoms in total. The predicted octanol–water partition coefficient (Wildman–Crippen LogP) is 0.309. The lowest BCUT2D eigenvalue weighted by Gasteiger charge is -2.22. The van der Waals surface area contributed by atoms with E-state index in [2.05, 4.69) is 4.98 Å². The number of ether oxygens (including phenoxy) is 1. The summed E-state index contributed by atoms with van der Waals surface area (Å²) in [6.07, 6.45) is 0.812. The molecule has 1 aromatic carbocycles. The number of likely N-dealkylation sites (N-methyl/N-ethyl adjacent to an activating group) is 1. The second-order valence-electron chi connectivity index (χ2n) is 5.96. The van der Waals surface area contributed by atoms with E-state index >= 15 is 0 Å². The Labute approximate surface area is 143 Å². The minimum Gasteiger partial charge on any atom is -0.383 e. The van der Waals surface area contributed by atoms with Crippen molar-refractivity contribution in [1.82, 2.24) is 9.55 Å². The summed E-state index contributed by atoms with van der Waals surface area (Å²) < 4.78 is 6.62. The summed E-state index contributed by atoms with van der Waals surface area (Å²) in [5, 5.41) is 0. The number of anilines is 2. The van der Waals surface area contributed by atoms with Crippen molar-refractivity contribution in [1.29, 1.82) is 0 Å². The van der Waals surface area contributed by atoms with Crippen LogP contribution in [0.1, 0.15) is 18.4 Å². The molecule has 1 unspecified atom stereocenters. The van der Waals surface area contributed by atoms with Gasteiger partial charge in [0.1, 0.15) is 11.9 Å². The first-order valence-electron chi connectivity index (χ1n) is 8.04. The van der Waals surface area contributed by atoms with Crippen LogP contribution < -0.4 is 21.9 Å². The first-order valence-corrected chi connectivity index (χ1v) is 8.04. The van der Waals surface area contributed by atoms with E-state index in [1.54, 1.807) is 0 Å². The number of benzene rings is 1. The van der Waals surface area contributed by atoms with Crippen LogP contribution in [-0.2, 0) is 16.1 Å². The van der Waals surface area contributed by atoms with Crippen LogP contribution in [0.15, 0.2) is 39.9 Å². The van der Waals surface area contributed by atoms with Gasteiger partial charge in [-0.2, -0.15) is 0 Å². The number of rotatable bonds is 4. The van der Waals surface area contributed by atoms with Crippen molar-refractivity contribution in [2.75, 3.05) is 24.3 Å². The quantitative estimate of drug-likeness (QED) is 0.829. The topological polar surface area (TPSA) is 110 Å². The van der Waals surface area contributed by atoms with Gasteiger partial charge in [-0.25, -0.2) is 4.79 Å². The molecular formula is C17H20N4O4. The molecule has 25 heavy (non-hydrogen) atoms. The lowest BCUT2D eigenvalue weighted by molar-refractivity contribution is -0.127. The number of nitrogen functional groups attached to an aromatic ring is 1. The smallest absolute Gasteiger partial charge is 0.330 e. The van der Waals surface area contributed by atoms with E-state index in [0.717, 1.165) is 12.0 Å². The number of nitrogens with zero attached hydrogens (tertiary/aromatic N) is 2. The maximum Gasteiger partial charge on any atom is 0.330 e. The van der Waals surface area contributed by atoms with Gasteiger partial charge in [0.2, 0.25) is 0 Å². The van der Waals surface area contributed by atoms with Gasteiger partial charge in [-0.05, 0) is 18.4 Å². The molecule has 1 saturated heterocycles. The van der Waals surface area contributed by atoms with Crippen molar-refractivity contribution < 1.29 is 9.53 Å². The number of H-pyrrole nitrogens is 1. The summed E-state index contributed by atoms with van der Waals surface area (Å²) in [7, 11) is 1.46. The fourth-order valence-corrected chi connectivity index (χ4v) is 2.92. The fraction of sp³-hybridized carbons (Fsp3) is 0.353. The molecule has 0 bridgehead atoms. The maximum atomic E-state index is 12.5. The second-order valence-corrected chi connectivity index (χ2v) is 5.96. The molecule has 1 aliphatic heterocycles. The van der Waals surface area contributed by atoms with Crippen LogP contribution in [0, 0.1) is 0 Å². The van der Waals surface area contributed by atoms with E-state index in [0.29, 0.717) is 13.0 Å². The average Bonchev–Trinajstić information content (AvgIpc) is 3.13. The molecule has 0 saturated carbocycles. The van der Waals surface area contributed by atoms with Crippen molar-refractivity contribution in [3.63, 3.8) is 0 Å². The minimum atomic E-state index is -0.694. The Morgan fingerprint density at radius 3 is 2.72 bits per heavy atom. The van der Waals surface area contributed by atoms with Gasteiger partial charge in [-0.3, -0.25) is 19.1 Å². The fourth-order valence-electron chi connectivity index (χ4n) is 2.92. The van der Waals surface area contributed by atoms with Crippen LogP contribution in [-0.4, -0.2) is 35.2 Å². The highest BCUT2D eigenvalue weighted by Gasteiger charge is 2.30. The van der Waals surface area contributed by atoms with E-state index in [1.807, 2.05) is 30.3 Å². The van der Waals surface area contributed by atoms with Gasteiger partial charge in [-0.1, -0.05) is 30.3 Å². The van der Waals surface area contributed by atoms with Crippen LogP contribution >= 0.6 is 0 Å². The molecule has 8 heteroatoms. The Morgan fingerprint density at radius 2 is 2.08 bits per heavy atom. The zero-order valence-corrected chi connectivity index (χ0v) is 13.9. The standard InChI is InChI=1S/C17H20N4O4/c1-20(16(23)12-8-5-9-25-12)13-14(18)21(17(24)19-15(13)22)10-11-6-3-2-4-7-11/h2-4,6-7,12H,5,8-10,18H2,1H3,(H,19,22,24). The number of carbonyl (C=O) groups is 1. The van der Waals surface area contributed by atoms with Crippen LogP contribution in [0.25, 0.3) is 0 Å². The third-order valence-corrected chi connectivity index (χ3v) is 4.27. The van der Waals surface area contributed by atoms with E-state index < -0.39 is 17.4 Å². The average molecular weight is 344 g/mol. The summed E-state index contributed by atoms with van der Waals surface area (Å²) in [5.74, 6) is -0.397. The van der Waals surface area contributed by atoms with Gasteiger partial charge in [0, 0.05) is 13.7 Å². The summed E-state index contributed by atoms with van der Waals surface area (Å²) in [4.78, 5) is 40.3. The van der Waals surface area contributed by atoms with Gasteiger partial charge < -0.3 is 15.4 Å².